The number of hydrogen-bond donors (Lipinski definition) is 1. The zero-order valence-electron chi connectivity index (χ0n) is 11.7. The molecule has 1 atom stereocenters. The van der Waals surface area contributed by atoms with Crippen LogP contribution in [0.1, 0.15) is 51.9 Å². The van der Waals surface area contributed by atoms with Crippen molar-refractivity contribution in [3.05, 3.63) is 0 Å². The van der Waals surface area contributed by atoms with Crippen LogP contribution in [0, 0.1) is 5.92 Å². The molecule has 1 fully saturated rings. The number of carboxylic acid groups (broad SMARTS) is 1. The minimum absolute atomic E-state index is 0.0439. The maximum Gasteiger partial charge on any atom is 0.303 e. The molecule has 6 heteroatoms. The largest absolute Gasteiger partial charge is 0.481 e. The summed E-state index contributed by atoms with van der Waals surface area (Å²) in [5.41, 5.74) is 0. The molecule has 1 aliphatic heterocycles. The number of carboxylic acids is 1. The van der Waals surface area contributed by atoms with Crippen LogP contribution < -0.4 is 0 Å². The van der Waals surface area contributed by atoms with E-state index in [9.17, 15) is 13.2 Å². The van der Waals surface area contributed by atoms with Crippen molar-refractivity contribution in [2.75, 3.05) is 18.8 Å². The van der Waals surface area contributed by atoms with Crippen LogP contribution >= 0.6 is 0 Å². The maximum atomic E-state index is 12.1. The van der Waals surface area contributed by atoms with Crippen LogP contribution in [0.3, 0.4) is 0 Å². The lowest BCUT2D eigenvalue weighted by Gasteiger charge is -2.20. The van der Waals surface area contributed by atoms with Gasteiger partial charge in [0.25, 0.3) is 0 Å². The Balaban J connectivity index is 2.47. The van der Waals surface area contributed by atoms with Gasteiger partial charge in [-0.1, -0.05) is 19.8 Å². The minimum atomic E-state index is -3.27. The van der Waals surface area contributed by atoms with E-state index in [1.807, 2.05) is 0 Å². The molecule has 1 heterocycles. The number of rotatable bonds is 7. The molecule has 5 nitrogen and oxygen atoms in total. The zero-order chi connectivity index (χ0) is 14.3. The van der Waals surface area contributed by atoms with Crippen molar-refractivity contribution in [1.29, 1.82) is 0 Å². The Morgan fingerprint density at radius 3 is 2.68 bits per heavy atom. The Morgan fingerprint density at radius 1 is 1.32 bits per heavy atom. The van der Waals surface area contributed by atoms with Crippen molar-refractivity contribution in [2.45, 2.75) is 51.9 Å². The fourth-order valence-electron chi connectivity index (χ4n) is 2.65. The molecule has 0 spiro atoms. The van der Waals surface area contributed by atoms with Crippen LogP contribution in [0.2, 0.25) is 0 Å². The van der Waals surface area contributed by atoms with Gasteiger partial charge in [0.2, 0.25) is 10.0 Å². The normalized spacial score (nSPS) is 22.1. The lowest BCUT2D eigenvalue weighted by atomic mass is 9.96. The van der Waals surface area contributed by atoms with Gasteiger partial charge < -0.3 is 5.11 Å². The minimum Gasteiger partial charge on any atom is -0.481 e. The Kier molecular flexibility index (Phi) is 6.79. The van der Waals surface area contributed by atoms with Crippen molar-refractivity contribution in [2.24, 2.45) is 5.92 Å². The molecule has 0 aromatic carbocycles. The smallest absolute Gasteiger partial charge is 0.303 e. The number of hydrogen-bond acceptors (Lipinski definition) is 3. The predicted octanol–water partition coefficient (Wildman–Crippen LogP) is 2.08. The summed E-state index contributed by atoms with van der Waals surface area (Å²) in [5, 5.41) is 8.55. The molecule has 1 rings (SSSR count). The average Bonchev–Trinajstić information content (AvgIpc) is 2.55. The van der Waals surface area contributed by atoms with E-state index in [0.29, 0.717) is 19.0 Å². The van der Waals surface area contributed by atoms with Gasteiger partial charge in [-0.25, -0.2) is 12.7 Å². The third kappa shape index (κ3) is 5.91. The number of sulfonamides is 1. The van der Waals surface area contributed by atoms with Gasteiger partial charge in [-0.2, -0.15) is 0 Å². The van der Waals surface area contributed by atoms with Gasteiger partial charge in [0.1, 0.15) is 0 Å². The van der Waals surface area contributed by atoms with E-state index in [0.717, 1.165) is 25.7 Å². The highest BCUT2D eigenvalue weighted by Gasteiger charge is 2.25. The van der Waals surface area contributed by atoms with Crippen molar-refractivity contribution in [3.8, 4) is 0 Å². The Hall–Kier alpha value is -0.620. The second kappa shape index (κ2) is 7.85. The van der Waals surface area contributed by atoms with E-state index in [4.69, 9.17) is 5.11 Å². The number of nitrogens with zero attached hydrogens (tertiary/aromatic N) is 1. The van der Waals surface area contributed by atoms with Crippen molar-refractivity contribution < 1.29 is 18.3 Å². The molecule has 0 amide bonds. The standard InChI is InChI=1S/C13H25NO4S/c1-2-5-12-6-3-9-14(10-8-12)19(17,18)11-4-7-13(15)16/h12H,2-11H2,1H3,(H,15,16). The quantitative estimate of drug-likeness (QED) is 0.779. The highest BCUT2D eigenvalue weighted by atomic mass is 32.2. The van der Waals surface area contributed by atoms with Crippen molar-refractivity contribution in [3.63, 3.8) is 0 Å². The van der Waals surface area contributed by atoms with E-state index in [1.54, 1.807) is 4.31 Å². The first-order valence-electron chi connectivity index (χ1n) is 7.15. The molecule has 0 bridgehead atoms. The molecule has 1 unspecified atom stereocenters. The van der Waals surface area contributed by atoms with Gasteiger partial charge in [0.05, 0.1) is 5.75 Å². The van der Waals surface area contributed by atoms with E-state index in [1.165, 1.54) is 6.42 Å². The molecular formula is C13H25NO4S. The molecule has 0 saturated carbocycles. The fourth-order valence-corrected chi connectivity index (χ4v) is 4.21. The molecule has 0 aliphatic carbocycles. The average molecular weight is 291 g/mol. The molecular weight excluding hydrogens is 266 g/mol. The summed E-state index contributed by atoms with van der Waals surface area (Å²) in [6.07, 6.45) is 5.41. The lowest BCUT2D eigenvalue weighted by Crippen LogP contribution is -2.34. The highest BCUT2D eigenvalue weighted by molar-refractivity contribution is 7.89. The topological polar surface area (TPSA) is 74.7 Å². The third-order valence-corrected chi connectivity index (χ3v) is 5.65. The second-order valence-corrected chi connectivity index (χ2v) is 7.39. The lowest BCUT2D eigenvalue weighted by molar-refractivity contribution is -0.137. The van der Waals surface area contributed by atoms with Gasteiger partial charge in [-0.3, -0.25) is 4.79 Å². The van der Waals surface area contributed by atoms with Gasteiger partial charge >= 0.3 is 5.97 Å². The van der Waals surface area contributed by atoms with Crippen LogP contribution in [-0.2, 0) is 14.8 Å². The Labute approximate surface area is 116 Å². The first-order valence-corrected chi connectivity index (χ1v) is 8.76. The zero-order valence-corrected chi connectivity index (χ0v) is 12.5. The van der Waals surface area contributed by atoms with E-state index >= 15 is 0 Å². The maximum absolute atomic E-state index is 12.1. The molecule has 0 radical (unpaired) electrons. The van der Waals surface area contributed by atoms with Crippen molar-refractivity contribution in [1.82, 2.24) is 4.31 Å². The van der Waals surface area contributed by atoms with E-state index < -0.39 is 16.0 Å². The molecule has 0 aromatic heterocycles. The summed E-state index contributed by atoms with van der Waals surface area (Å²) in [4.78, 5) is 10.4. The van der Waals surface area contributed by atoms with Crippen molar-refractivity contribution >= 4 is 16.0 Å². The van der Waals surface area contributed by atoms with Gasteiger partial charge in [-0.15, -0.1) is 0 Å². The summed E-state index contributed by atoms with van der Waals surface area (Å²) in [7, 11) is -3.27. The fraction of sp³-hybridized carbons (Fsp3) is 0.923. The summed E-state index contributed by atoms with van der Waals surface area (Å²) in [5.74, 6) is -0.337. The number of aliphatic carboxylic acids is 1. The molecule has 1 saturated heterocycles. The SMILES string of the molecule is CCCC1CCCN(S(=O)(=O)CCCC(=O)O)CC1. The van der Waals surface area contributed by atoms with E-state index in [2.05, 4.69) is 6.92 Å². The van der Waals surface area contributed by atoms with E-state index in [-0.39, 0.29) is 18.6 Å². The molecule has 112 valence electrons. The van der Waals surface area contributed by atoms with Crippen LogP contribution in [0.5, 0.6) is 0 Å². The van der Waals surface area contributed by atoms with Crippen LogP contribution in [0.15, 0.2) is 0 Å². The summed E-state index contributed by atoms with van der Waals surface area (Å²) in [6, 6.07) is 0. The summed E-state index contributed by atoms with van der Waals surface area (Å²) >= 11 is 0. The monoisotopic (exact) mass is 291 g/mol. The third-order valence-electron chi connectivity index (χ3n) is 3.69. The summed E-state index contributed by atoms with van der Waals surface area (Å²) in [6.45, 7) is 3.35. The summed E-state index contributed by atoms with van der Waals surface area (Å²) < 4.78 is 25.8. The first kappa shape index (κ1) is 16.4. The first-order chi connectivity index (χ1) is 8.95. The molecule has 0 aromatic rings. The highest BCUT2D eigenvalue weighted by Crippen LogP contribution is 2.23. The predicted molar refractivity (Wildman–Crippen MR) is 74.5 cm³/mol. The molecule has 19 heavy (non-hydrogen) atoms. The molecule has 1 aliphatic rings. The van der Waals surface area contributed by atoms with Crippen LogP contribution in [0.4, 0.5) is 0 Å². The van der Waals surface area contributed by atoms with Crippen LogP contribution in [0.25, 0.3) is 0 Å². The number of carbonyl (C=O) groups is 1. The Bertz CT molecular complexity index is 380. The Morgan fingerprint density at radius 2 is 2.05 bits per heavy atom. The van der Waals surface area contributed by atoms with Gasteiger partial charge in [0, 0.05) is 19.5 Å². The molecule has 1 N–H and O–H groups in total. The van der Waals surface area contributed by atoms with Gasteiger partial charge in [-0.05, 0) is 31.6 Å². The van der Waals surface area contributed by atoms with Gasteiger partial charge in [0.15, 0.2) is 0 Å². The second-order valence-electron chi connectivity index (χ2n) is 5.30. The van der Waals surface area contributed by atoms with Crippen LogP contribution in [-0.4, -0.2) is 42.6 Å².